The summed E-state index contributed by atoms with van der Waals surface area (Å²) in [6, 6.07) is 0. The van der Waals surface area contributed by atoms with Gasteiger partial charge in [0.25, 0.3) is 9.05 Å². The van der Waals surface area contributed by atoms with Crippen molar-refractivity contribution in [1.29, 1.82) is 0 Å². The van der Waals surface area contributed by atoms with Gasteiger partial charge < -0.3 is 0 Å². The molecule has 0 aliphatic rings. The lowest BCUT2D eigenvalue weighted by atomic mass is 10.1. The fourth-order valence-electron chi connectivity index (χ4n) is 1.14. The van der Waals surface area contributed by atoms with E-state index < -0.39 is 9.05 Å². The maximum absolute atomic E-state index is 11.0. The number of halogens is 1. The molecule has 0 amide bonds. The quantitative estimate of drug-likeness (QED) is 0.698. The van der Waals surface area contributed by atoms with E-state index in [1.807, 2.05) is 13.8 Å². The lowest BCUT2D eigenvalue weighted by Gasteiger charge is -2.04. The molecule has 74 valence electrons. The lowest BCUT2D eigenvalue weighted by Crippen LogP contribution is -2.04. The molecule has 0 spiro atoms. The molecule has 0 bridgehead atoms. The zero-order valence-electron chi connectivity index (χ0n) is 7.52. The minimum Gasteiger partial charge on any atom is -0.251 e. The van der Waals surface area contributed by atoms with Crippen molar-refractivity contribution in [3.63, 3.8) is 0 Å². The fourth-order valence-corrected chi connectivity index (χ4v) is 2.22. The zero-order chi connectivity index (χ0) is 10.2. The van der Waals surface area contributed by atoms with Crippen molar-refractivity contribution in [2.75, 3.05) is 0 Å². The Balaban J connectivity index is 3.40. The maximum atomic E-state index is 11.0. The first-order valence-electron chi connectivity index (χ1n) is 3.68. The molecule has 0 unspecified atom stereocenters. The predicted octanol–water partition coefficient (Wildman–Crippen LogP) is 0.866. The molecule has 0 saturated carbocycles. The molecule has 0 fully saturated rings. The van der Waals surface area contributed by atoms with Crippen LogP contribution in [0.4, 0.5) is 0 Å². The van der Waals surface area contributed by atoms with Gasteiger partial charge in [-0.25, -0.2) is 8.42 Å². The van der Waals surface area contributed by atoms with E-state index in [1.165, 1.54) is 4.68 Å². The standard InChI is InChI=1S/C6H10ClN3O2S/c1-4(2)5-6(13(7,11)12)8-9-10(5)3/h4H,1-3H3. The Morgan fingerprint density at radius 2 is 2.00 bits per heavy atom. The highest BCUT2D eigenvalue weighted by Crippen LogP contribution is 2.23. The van der Waals surface area contributed by atoms with Crippen LogP contribution in [0.2, 0.25) is 0 Å². The van der Waals surface area contributed by atoms with E-state index in [9.17, 15) is 8.42 Å². The molecule has 1 heterocycles. The van der Waals surface area contributed by atoms with Gasteiger partial charge in [0.05, 0.1) is 5.69 Å². The second-order valence-corrected chi connectivity index (χ2v) is 5.48. The van der Waals surface area contributed by atoms with Gasteiger partial charge in [-0.1, -0.05) is 19.1 Å². The summed E-state index contributed by atoms with van der Waals surface area (Å²) in [5, 5.41) is 6.96. The van der Waals surface area contributed by atoms with Crippen molar-refractivity contribution in [1.82, 2.24) is 15.0 Å². The molecule has 5 nitrogen and oxygen atoms in total. The van der Waals surface area contributed by atoms with Gasteiger partial charge in [-0.05, 0) is 5.92 Å². The SMILES string of the molecule is CC(C)c1c(S(=O)(=O)Cl)nnn1C. The first-order valence-corrected chi connectivity index (χ1v) is 5.99. The lowest BCUT2D eigenvalue weighted by molar-refractivity contribution is 0.602. The molecule has 0 saturated heterocycles. The highest BCUT2D eigenvalue weighted by Gasteiger charge is 2.23. The van der Waals surface area contributed by atoms with E-state index >= 15 is 0 Å². The van der Waals surface area contributed by atoms with Crippen LogP contribution in [0.1, 0.15) is 25.5 Å². The Kier molecular flexibility index (Phi) is 2.63. The van der Waals surface area contributed by atoms with Crippen LogP contribution in [-0.4, -0.2) is 23.4 Å². The summed E-state index contributed by atoms with van der Waals surface area (Å²) in [4.78, 5) is 0. The molecule has 0 N–H and O–H groups in total. The van der Waals surface area contributed by atoms with Crippen molar-refractivity contribution in [3.05, 3.63) is 5.69 Å². The molecule has 7 heteroatoms. The summed E-state index contributed by atoms with van der Waals surface area (Å²) in [5.74, 6) is 0.0172. The molecular weight excluding hydrogens is 214 g/mol. The minimum absolute atomic E-state index is 0.0172. The Bertz CT molecular complexity index is 410. The first kappa shape index (κ1) is 10.5. The second-order valence-electron chi connectivity index (χ2n) is 3.00. The number of hydrogen-bond donors (Lipinski definition) is 0. The first-order chi connectivity index (χ1) is 5.84. The third-order valence-electron chi connectivity index (χ3n) is 1.62. The predicted molar refractivity (Wildman–Crippen MR) is 48.1 cm³/mol. The zero-order valence-corrected chi connectivity index (χ0v) is 9.09. The van der Waals surface area contributed by atoms with Crippen molar-refractivity contribution in [2.24, 2.45) is 7.05 Å². The normalized spacial score (nSPS) is 12.4. The van der Waals surface area contributed by atoms with E-state index in [4.69, 9.17) is 10.7 Å². The van der Waals surface area contributed by atoms with Crippen molar-refractivity contribution >= 4 is 19.7 Å². The van der Waals surface area contributed by atoms with Crippen LogP contribution < -0.4 is 0 Å². The summed E-state index contributed by atoms with van der Waals surface area (Å²) in [6.07, 6.45) is 0. The molecule has 1 aromatic rings. The van der Waals surface area contributed by atoms with E-state index in [1.54, 1.807) is 7.05 Å². The topological polar surface area (TPSA) is 64.8 Å². The van der Waals surface area contributed by atoms with Crippen molar-refractivity contribution in [2.45, 2.75) is 24.8 Å². The number of hydrogen-bond acceptors (Lipinski definition) is 4. The Labute approximate surface area is 81.1 Å². The minimum atomic E-state index is -3.78. The van der Waals surface area contributed by atoms with Gasteiger partial charge in [0, 0.05) is 17.7 Å². The van der Waals surface area contributed by atoms with Gasteiger partial charge in [-0.2, -0.15) is 0 Å². The van der Waals surface area contributed by atoms with Gasteiger partial charge in [-0.3, -0.25) is 4.68 Å². The monoisotopic (exact) mass is 223 g/mol. The molecular formula is C6H10ClN3O2S. The number of aryl methyl sites for hydroxylation is 1. The van der Waals surface area contributed by atoms with E-state index in [2.05, 4.69) is 10.3 Å². The summed E-state index contributed by atoms with van der Waals surface area (Å²) in [7, 11) is 3.03. The van der Waals surface area contributed by atoms with Gasteiger partial charge >= 0.3 is 0 Å². The Morgan fingerprint density at radius 1 is 1.46 bits per heavy atom. The summed E-state index contributed by atoms with van der Waals surface area (Å²) >= 11 is 0. The van der Waals surface area contributed by atoms with Gasteiger partial charge in [-0.15, -0.1) is 5.10 Å². The molecule has 0 aliphatic carbocycles. The molecule has 0 radical (unpaired) electrons. The van der Waals surface area contributed by atoms with Crippen LogP contribution >= 0.6 is 10.7 Å². The molecule has 1 aromatic heterocycles. The van der Waals surface area contributed by atoms with Gasteiger partial charge in [0.1, 0.15) is 0 Å². The number of aromatic nitrogens is 3. The fraction of sp³-hybridized carbons (Fsp3) is 0.667. The van der Waals surface area contributed by atoms with Crippen LogP contribution in [0.5, 0.6) is 0 Å². The van der Waals surface area contributed by atoms with Crippen molar-refractivity contribution in [3.8, 4) is 0 Å². The largest absolute Gasteiger partial charge is 0.282 e. The van der Waals surface area contributed by atoms with Crippen LogP contribution in [0.3, 0.4) is 0 Å². The summed E-state index contributed by atoms with van der Waals surface area (Å²) < 4.78 is 23.5. The van der Waals surface area contributed by atoms with Gasteiger partial charge in [0.15, 0.2) is 0 Å². The molecule has 0 atom stereocenters. The highest BCUT2D eigenvalue weighted by atomic mass is 35.7. The number of nitrogens with zero attached hydrogens (tertiary/aromatic N) is 3. The third-order valence-corrected chi connectivity index (χ3v) is 2.81. The summed E-state index contributed by atoms with van der Waals surface area (Å²) in [6.45, 7) is 3.70. The average molecular weight is 224 g/mol. The van der Waals surface area contributed by atoms with Crippen molar-refractivity contribution < 1.29 is 8.42 Å². The molecule has 0 aromatic carbocycles. The average Bonchev–Trinajstić information content (AvgIpc) is 2.28. The van der Waals surface area contributed by atoms with E-state index in [0.717, 1.165) is 0 Å². The van der Waals surface area contributed by atoms with Crippen LogP contribution in [-0.2, 0) is 16.1 Å². The summed E-state index contributed by atoms with van der Waals surface area (Å²) in [5.41, 5.74) is 0.523. The number of rotatable bonds is 2. The third kappa shape index (κ3) is 2.00. The molecule has 0 aliphatic heterocycles. The van der Waals surface area contributed by atoms with Crippen LogP contribution in [0.25, 0.3) is 0 Å². The Hall–Kier alpha value is -0.620. The second kappa shape index (κ2) is 3.26. The smallest absolute Gasteiger partial charge is 0.251 e. The van der Waals surface area contributed by atoms with Gasteiger partial charge in [0.2, 0.25) is 5.03 Å². The Morgan fingerprint density at radius 3 is 2.31 bits per heavy atom. The van der Waals surface area contributed by atoms with E-state index in [-0.39, 0.29) is 10.9 Å². The van der Waals surface area contributed by atoms with Crippen LogP contribution in [0.15, 0.2) is 5.03 Å². The van der Waals surface area contributed by atoms with Crippen LogP contribution in [0, 0.1) is 0 Å². The molecule has 1 rings (SSSR count). The van der Waals surface area contributed by atoms with E-state index in [0.29, 0.717) is 5.69 Å². The molecule has 13 heavy (non-hydrogen) atoms. The maximum Gasteiger partial charge on any atom is 0.282 e. The highest BCUT2D eigenvalue weighted by molar-refractivity contribution is 8.13.